The molecule has 4 rings (SSSR count). The zero-order valence-corrected chi connectivity index (χ0v) is 15.6. The maximum Gasteiger partial charge on any atom is 0.230 e. The van der Waals surface area contributed by atoms with Crippen molar-refractivity contribution in [1.82, 2.24) is 9.80 Å². The minimum absolute atomic E-state index is 0.117. The van der Waals surface area contributed by atoms with Gasteiger partial charge < -0.3 is 9.32 Å². The molecule has 25 heavy (non-hydrogen) atoms. The van der Waals surface area contributed by atoms with E-state index in [2.05, 4.69) is 15.9 Å². The highest BCUT2D eigenvalue weighted by molar-refractivity contribution is 5.84. The van der Waals surface area contributed by atoms with Gasteiger partial charge in [0.2, 0.25) is 5.91 Å². The van der Waals surface area contributed by atoms with E-state index in [-0.39, 0.29) is 5.41 Å². The lowest BCUT2D eigenvalue weighted by Gasteiger charge is -2.41. The number of hydrogen-bond acceptors (Lipinski definition) is 3. The highest BCUT2D eigenvalue weighted by Crippen LogP contribution is 2.41. The Kier molecular flexibility index (Phi) is 4.90. The standard InChI is InChI=1S/C21H32N2O2/c1-17-8-9-19(25-17)15-22-13-11-21(16-22)10-5-12-23(20(21)24)14-18-6-3-2-4-7-18/h8-9,18H,2-7,10-16H2,1H3. The maximum absolute atomic E-state index is 13.3. The minimum atomic E-state index is -0.117. The van der Waals surface area contributed by atoms with E-state index in [1.54, 1.807) is 0 Å². The topological polar surface area (TPSA) is 36.7 Å². The number of carbonyl (C=O) groups excluding carboxylic acids is 1. The van der Waals surface area contributed by atoms with Crippen LogP contribution in [0.2, 0.25) is 0 Å². The van der Waals surface area contributed by atoms with E-state index >= 15 is 0 Å². The van der Waals surface area contributed by atoms with Crippen LogP contribution in [-0.4, -0.2) is 41.9 Å². The van der Waals surface area contributed by atoms with Gasteiger partial charge in [0.15, 0.2) is 0 Å². The summed E-state index contributed by atoms with van der Waals surface area (Å²) in [5.41, 5.74) is -0.117. The molecular weight excluding hydrogens is 312 g/mol. The Bertz CT molecular complexity index is 605. The Morgan fingerprint density at radius 3 is 2.72 bits per heavy atom. The molecule has 0 aromatic carbocycles. The van der Waals surface area contributed by atoms with Crippen LogP contribution in [0.15, 0.2) is 16.5 Å². The SMILES string of the molecule is Cc1ccc(CN2CCC3(CCCN(CC4CCCCC4)C3=O)C2)o1. The molecule has 3 heterocycles. The Balaban J connectivity index is 1.38. The van der Waals surface area contributed by atoms with Crippen molar-refractivity contribution in [2.45, 2.75) is 64.8 Å². The third-order valence-corrected chi connectivity index (χ3v) is 6.64. The quantitative estimate of drug-likeness (QED) is 0.829. The molecule has 138 valence electrons. The van der Waals surface area contributed by atoms with Crippen LogP contribution in [0.3, 0.4) is 0 Å². The molecule has 0 bridgehead atoms. The number of likely N-dealkylation sites (tertiary alicyclic amines) is 2. The molecule has 1 amide bonds. The van der Waals surface area contributed by atoms with Crippen LogP contribution < -0.4 is 0 Å². The summed E-state index contributed by atoms with van der Waals surface area (Å²) < 4.78 is 5.73. The predicted molar refractivity (Wildman–Crippen MR) is 98.2 cm³/mol. The first kappa shape index (κ1) is 17.1. The fourth-order valence-electron chi connectivity index (χ4n) is 5.27. The summed E-state index contributed by atoms with van der Waals surface area (Å²) in [7, 11) is 0. The summed E-state index contributed by atoms with van der Waals surface area (Å²) in [5.74, 6) is 3.19. The van der Waals surface area contributed by atoms with Gasteiger partial charge >= 0.3 is 0 Å². The van der Waals surface area contributed by atoms with Crippen molar-refractivity contribution in [3.8, 4) is 0 Å². The lowest BCUT2D eigenvalue weighted by molar-refractivity contribution is -0.146. The molecule has 1 atom stereocenters. The fourth-order valence-corrected chi connectivity index (χ4v) is 5.27. The van der Waals surface area contributed by atoms with E-state index in [4.69, 9.17) is 4.42 Å². The summed E-state index contributed by atoms with van der Waals surface area (Å²) >= 11 is 0. The van der Waals surface area contributed by atoms with Crippen molar-refractivity contribution < 1.29 is 9.21 Å². The van der Waals surface area contributed by atoms with Crippen molar-refractivity contribution in [1.29, 1.82) is 0 Å². The van der Waals surface area contributed by atoms with Gasteiger partial charge in [-0.15, -0.1) is 0 Å². The highest BCUT2D eigenvalue weighted by atomic mass is 16.3. The summed E-state index contributed by atoms with van der Waals surface area (Å²) in [6, 6.07) is 4.09. The van der Waals surface area contributed by atoms with Gasteiger partial charge in [0.25, 0.3) is 0 Å². The van der Waals surface area contributed by atoms with Crippen LogP contribution in [-0.2, 0) is 11.3 Å². The Morgan fingerprint density at radius 1 is 1.12 bits per heavy atom. The van der Waals surface area contributed by atoms with Crippen molar-refractivity contribution in [3.63, 3.8) is 0 Å². The molecule has 1 saturated carbocycles. The third-order valence-electron chi connectivity index (χ3n) is 6.64. The lowest BCUT2D eigenvalue weighted by Crippen LogP contribution is -2.51. The Labute approximate surface area is 151 Å². The molecule has 1 unspecified atom stereocenters. The van der Waals surface area contributed by atoms with Crippen molar-refractivity contribution in [2.24, 2.45) is 11.3 Å². The second-order valence-corrected chi connectivity index (χ2v) is 8.61. The third kappa shape index (κ3) is 3.64. The molecule has 1 aromatic rings. The monoisotopic (exact) mass is 344 g/mol. The minimum Gasteiger partial charge on any atom is -0.465 e. The van der Waals surface area contributed by atoms with Crippen LogP contribution in [0, 0.1) is 18.3 Å². The number of furan rings is 1. The molecule has 4 nitrogen and oxygen atoms in total. The number of aryl methyl sites for hydroxylation is 1. The summed E-state index contributed by atoms with van der Waals surface area (Å²) in [4.78, 5) is 17.9. The molecule has 4 heteroatoms. The summed E-state index contributed by atoms with van der Waals surface area (Å²) in [6.07, 6.45) is 10.00. The van der Waals surface area contributed by atoms with Gasteiger partial charge in [0, 0.05) is 19.6 Å². The van der Waals surface area contributed by atoms with E-state index in [0.717, 1.165) is 63.0 Å². The molecule has 1 aliphatic carbocycles. The van der Waals surface area contributed by atoms with Crippen LogP contribution in [0.1, 0.15) is 62.9 Å². The average Bonchev–Trinajstić information content (AvgIpc) is 3.21. The Hall–Kier alpha value is -1.29. The molecule has 3 fully saturated rings. The number of carbonyl (C=O) groups is 1. The number of rotatable bonds is 4. The maximum atomic E-state index is 13.3. The van der Waals surface area contributed by atoms with E-state index < -0.39 is 0 Å². The smallest absolute Gasteiger partial charge is 0.230 e. The number of nitrogens with zero attached hydrogens (tertiary/aromatic N) is 2. The molecule has 3 aliphatic rings. The molecule has 0 radical (unpaired) electrons. The zero-order chi connectivity index (χ0) is 17.3. The van der Waals surface area contributed by atoms with Crippen molar-refractivity contribution in [3.05, 3.63) is 23.7 Å². The molecule has 2 aliphatic heterocycles. The zero-order valence-electron chi connectivity index (χ0n) is 15.6. The van der Waals surface area contributed by atoms with Crippen molar-refractivity contribution >= 4 is 5.91 Å². The van der Waals surface area contributed by atoms with Crippen LogP contribution >= 0.6 is 0 Å². The second kappa shape index (κ2) is 7.14. The van der Waals surface area contributed by atoms with E-state index in [1.807, 2.05) is 13.0 Å². The average molecular weight is 344 g/mol. The van der Waals surface area contributed by atoms with Gasteiger partial charge in [-0.25, -0.2) is 0 Å². The first-order valence-electron chi connectivity index (χ1n) is 10.2. The van der Waals surface area contributed by atoms with Crippen molar-refractivity contribution in [2.75, 3.05) is 26.2 Å². The first-order valence-corrected chi connectivity index (χ1v) is 10.2. The normalized spacial score (nSPS) is 29.0. The molecule has 1 spiro atoms. The second-order valence-electron chi connectivity index (χ2n) is 8.61. The van der Waals surface area contributed by atoms with Gasteiger partial charge in [-0.05, 0) is 63.6 Å². The summed E-state index contributed by atoms with van der Waals surface area (Å²) in [6.45, 7) is 6.75. The van der Waals surface area contributed by atoms with E-state index in [9.17, 15) is 4.79 Å². The molecule has 0 N–H and O–H groups in total. The number of piperidine rings is 1. The van der Waals surface area contributed by atoms with Crippen LogP contribution in [0.5, 0.6) is 0 Å². The highest BCUT2D eigenvalue weighted by Gasteiger charge is 2.48. The van der Waals surface area contributed by atoms with Gasteiger partial charge in [-0.1, -0.05) is 19.3 Å². The molecule has 1 aromatic heterocycles. The largest absolute Gasteiger partial charge is 0.465 e. The predicted octanol–water partition coefficient (Wildman–Crippen LogP) is 3.98. The molecule has 2 saturated heterocycles. The van der Waals surface area contributed by atoms with Gasteiger partial charge in [0.1, 0.15) is 11.5 Å². The van der Waals surface area contributed by atoms with Gasteiger partial charge in [-0.2, -0.15) is 0 Å². The molecular formula is C21H32N2O2. The summed E-state index contributed by atoms with van der Waals surface area (Å²) in [5, 5.41) is 0. The first-order chi connectivity index (χ1) is 12.1. The van der Waals surface area contributed by atoms with Crippen LogP contribution in [0.4, 0.5) is 0 Å². The van der Waals surface area contributed by atoms with Gasteiger partial charge in [-0.3, -0.25) is 9.69 Å². The van der Waals surface area contributed by atoms with E-state index in [1.165, 1.54) is 38.5 Å². The lowest BCUT2D eigenvalue weighted by atomic mass is 9.77. The fraction of sp³-hybridized carbons (Fsp3) is 0.762. The van der Waals surface area contributed by atoms with Gasteiger partial charge in [0.05, 0.1) is 12.0 Å². The van der Waals surface area contributed by atoms with Crippen LogP contribution in [0.25, 0.3) is 0 Å². The van der Waals surface area contributed by atoms with E-state index in [0.29, 0.717) is 5.91 Å². The number of hydrogen-bond donors (Lipinski definition) is 0. The Morgan fingerprint density at radius 2 is 1.96 bits per heavy atom. The number of amides is 1.